The minimum absolute atomic E-state index is 0.515. The van der Waals surface area contributed by atoms with Gasteiger partial charge in [0.1, 0.15) is 12.0 Å². The molecule has 0 N–H and O–H groups in total. The summed E-state index contributed by atoms with van der Waals surface area (Å²) in [4.78, 5) is 13.3. The summed E-state index contributed by atoms with van der Waals surface area (Å²) in [6.45, 7) is 5.17. The van der Waals surface area contributed by atoms with Crippen molar-refractivity contribution < 1.29 is 9.53 Å². The molecule has 1 atom stereocenters. The minimum atomic E-state index is 0.515. The lowest BCUT2D eigenvalue weighted by Crippen LogP contribution is -2.28. The number of aldehydes is 1. The number of hydrogen-bond acceptors (Lipinski definition) is 3. The first-order chi connectivity index (χ1) is 8.62. The number of hydrogen-bond donors (Lipinski definition) is 0. The van der Waals surface area contributed by atoms with E-state index < -0.39 is 0 Å². The number of carbonyl (C=O) groups is 1. The lowest BCUT2D eigenvalue weighted by atomic mass is 10.1. The van der Waals surface area contributed by atoms with Gasteiger partial charge in [-0.25, -0.2) is 0 Å². The first kappa shape index (κ1) is 14.7. The maximum atomic E-state index is 11.0. The van der Waals surface area contributed by atoms with Crippen molar-refractivity contribution in [2.75, 3.05) is 14.2 Å². The maximum absolute atomic E-state index is 11.0. The summed E-state index contributed by atoms with van der Waals surface area (Å²) in [5, 5.41) is 0. The topological polar surface area (TPSA) is 29.5 Å². The van der Waals surface area contributed by atoms with E-state index in [0.717, 1.165) is 36.1 Å². The lowest BCUT2D eigenvalue weighted by molar-refractivity contribution is 0.112. The Morgan fingerprint density at radius 1 is 1.44 bits per heavy atom. The largest absolute Gasteiger partial charge is 0.497 e. The molecule has 1 unspecified atom stereocenters. The molecule has 0 radical (unpaired) electrons. The third kappa shape index (κ3) is 3.84. The van der Waals surface area contributed by atoms with E-state index >= 15 is 0 Å². The van der Waals surface area contributed by atoms with Gasteiger partial charge < -0.3 is 4.74 Å². The predicted octanol–water partition coefficient (Wildman–Crippen LogP) is 3.13. The van der Waals surface area contributed by atoms with Crippen molar-refractivity contribution in [1.82, 2.24) is 4.90 Å². The van der Waals surface area contributed by atoms with E-state index in [0.29, 0.717) is 6.04 Å². The highest BCUT2D eigenvalue weighted by Gasteiger charge is 2.11. The van der Waals surface area contributed by atoms with Crippen LogP contribution in [0.3, 0.4) is 0 Å². The average Bonchev–Trinajstić information content (AvgIpc) is 2.38. The van der Waals surface area contributed by atoms with Gasteiger partial charge in [0.05, 0.1) is 7.11 Å². The van der Waals surface area contributed by atoms with Crippen LogP contribution in [0, 0.1) is 0 Å². The van der Waals surface area contributed by atoms with Crippen LogP contribution in [0.4, 0.5) is 0 Å². The number of ether oxygens (including phenoxy) is 1. The third-order valence-electron chi connectivity index (χ3n) is 3.36. The predicted molar refractivity (Wildman–Crippen MR) is 74.2 cm³/mol. The summed E-state index contributed by atoms with van der Waals surface area (Å²) < 4.78 is 5.21. The summed E-state index contributed by atoms with van der Waals surface area (Å²) in [5.41, 5.74) is 1.76. The Morgan fingerprint density at radius 3 is 2.72 bits per heavy atom. The second-order valence-corrected chi connectivity index (χ2v) is 4.74. The zero-order valence-electron chi connectivity index (χ0n) is 11.8. The summed E-state index contributed by atoms with van der Waals surface area (Å²) in [6.07, 6.45) is 3.24. The van der Waals surface area contributed by atoms with Crippen LogP contribution in [-0.4, -0.2) is 31.4 Å². The van der Waals surface area contributed by atoms with Gasteiger partial charge in [-0.3, -0.25) is 9.69 Å². The highest BCUT2D eigenvalue weighted by atomic mass is 16.5. The molecule has 0 aliphatic heterocycles. The van der Waals surface area contributed by atoms with Crippen LogP contribution in [-0.2, 0) is 6.54 Å². The van der Waals surface area contributed by atoms with Gasteiger partial charge in [0, 0.05) is 18.2 Å². The van der Waals surface area contributed by atoms with E-state index in [-0.39, 0.29) is 0 Å². The van der Waals surface area contributed by atoms with Crippen molar-refractivity contribution in [1.29, 1.82) is 0 Å². The monoisotopic (exact) mass is 249 g/mol. The van der Waals surface area contributed by atoms with Crippen LogP contribution in [0.1, 0.15) is 42.6 Å². The molecule has 0 saturated carbocycles. The molecule has 100 valence electrons. The maximum Gasteiger partial charge on any atom is 0.150 e. The van der Waals surface area contributed by atoms with Crippen LogP contribution in [0.2, 0.25) is 0 Å². The van der Waals surface area contributed by atoms with Gasteiger partial charge in [0.2, 0.25) is 0 Å². The van der Waals surface area contributed by atoms with Crippen molar-refractivity contribution in [2.24, 2.45) is 0 Å². The number of benzene rings is 1. The number of carbonyl (C=O) groups excluding carboxylic acids is 1. The molecule has 0 aromatic heterocycles. The Balaban J connectivity index is 2.84. The molecule has 18 heavy (non-hydrogen) atoms. The molecule has 1 aromatic carbocycles. The van der Waals surface area contributed by atoms with Crippen LogP contribution in [0.15, 0.2) is 18.2 Å². The molecule has 0 aliphatic carbocycles. The second-order valence-electron chi connectivity index (χ2n) is 4.74. The van der Waals surface area contributed by atoms with Gasteiger partial charge in [-0.05, 0) is 44.2 Å². The number of rotatable bonds is 7. The number of nitrogens with zero attached hydrogens (tertiary/aromatic N) is 1. The Morgan fingerprint density at radius 2 is 2.17 bits per heavy atom. The zero-order chi connectivity index (χ0) is 13.5. The highest BCUT2D eigenvalue weighted by Crippen LogP contribution is 2.19. The van der Waals surface area contributed by atoms with Crippen molar-refractivity contribution in [2.45, 2.75) is 39.3 Å². The molecule has 0 bridgehead atoms. The Labute approximate surface area is 110 Å². The van der Waals surface area contributed by atoms with E-state index in [9.17, 15) is 4.79 Å². The van der Waals surface area contributed by atoms with Crippen LogP contribution in [0.25, 0.3) is 0 Å². The molecule has 1 rings (SSSR count). The molecular weight excluding hydrogens is 226 g/mol. The summed E-state index contributed by atoms with van der Waals surface area (Å²) in [5.74, 6) is 0.798. The van der Waals surface area contributed by atoms with Gasteiger partial charge >= 0.3 is 0 Å². The van der Waals surface area contributed by atoms with Gasteiger partial charge in [0.25, 0.3) is 0 Å². The molecule has 0 amide bonds. The van der Waals surface area contributed by atoms with E-state index in [4.69, 9.17) is 4.74 Å². The van der Waals surface area contributed by atoms with Crippen LogP contribution < -0.4 is 4.74 Å². The molecule has 0 heterocycles. The summed E-state index contributed by atoms with van der Waals surface area (Å²) in [7, 11) is 3.73. The normalized spacial score (nSPS) is 12.5. The van der Waals surface area contributed by atoms with Crippen LogP contribution in [0.5, 0.6) is 5.75 Å². The van der Waals surface area contributed by atoms with Crippen molar-refractivity contribution in [3.8, 4) is 5.75 Å². The molecule has 0 saturated heterocycles. The van der Waals surface area contributed by atoms with Gasteiger partial charge in [-0.1, -0.05) is 13.3 Å². The second kappa shape index (κ2) is 7.17. The molecule has 3 heteroatoms. The first-order valence-corrected chi connectivity index (χ1v) is 6.44. The Bertz CT molecular complexity index is 390. The zero-order valence-corrected chi connectivity index (χ0v) is 11.8. The highest BCUT2D eigenvalue weighted by molar-refractivity contribution is 5.77. The quantitative estimate of drug-likeness (QED) is 0.695. The van der Waals surface area contributed by atoms with E-state index in [1.165, 1.54) is 6.42 Å². The fourth-order valence-corrected chi connectivity index (χ4v) is 2.02. The number of methoxy groups -OCH3 is 1. The molecule has 0 spiro atoms. The molecule has 3 nitrogen and oxygen atoms in total. The van der Waals surface area contributed by atoms with Crippen LogP contribution >= 0.6 is 0 Å². The Kier molecular flexibility index (Phi) is 5.86. The van der Waals surface area contributed by atoms with Crippen molar-refractivity contribution in [3.63, 3.8) is 0 Å². The van der Waals surface area contributed by atoms with Gasteiger partial charge in [-0.15, -0.1) is 0 Å². The fraction of sp³-hybridized carbons (Fsp3) is 0.533. The van der Waals surface area contributed by atoms with Crippen molar-refractivity contribution in [3.05, 3.63) is 29.3 Å². The molecule has 0 aliphatic rings. The SMILES string of the molecule is CCCC(C)N(C)Cc1cc(OC)ccc1C=O. The van der Waals surface area contributed by atoms with E-state index in [2.05, 4.69) is 25.8 Å². The smallest absolute Gasteiger partial charge is 0.150 e. The standard InChI is InChI=1S/C15H23NO2/c1-5-6-12(2)16(3)10-14-9-15(18-4)8-7-13(14)11-17/h7-9,11-12H,5-6,10H2,1-4H3. The third-order valence-corrected chi connectivity index (χ3v) is 3.36. The molecule has 0 fully saturated rings. The van der Waals surface area contributed by atoms with Crippen molar-refractivity contribution >= 4 is 6.29 Å². The average molecular weight is 249 g/mol. The Hall–Kier alpha value is -1.35. The fourth-order valence-electron chi connectivity index (χ4n) is 2.02. The lowest BCUT2D eigenvalue weighted by Gasteiger charge is -2.25. The summed E-state index contributed by atoms with van der Waals surface area (Å²) in [6, 6.07) is 6.10. The van der Waals surface area contributed by atoms with Gasteiger partial charge in [-0.2, -0.15) is 0 Å². The summed E-state index contributed by atoms with van der Waals surface area (Å²) >= 11 is 0. The molecule has 1 aromatic rings. The van der Waals surface area contributed by atoms with Gasteiger partial charge in [0.15, 0.2) is 0 Å². The minimum Gasteiger partial charge on any atom is -0.497 e. The van der Waals surface area contributed by atoms with E-state index in [1.54, 1.807) is 7.11 Å². The molecular formula is C15H23NO2. The first-order valence-electron chi connectivity index (χ1n) is 6.44. The van der Waals surface area contributed by atoms with E-state index in [1.807, 2.05) is 18.2 Å².